The van der Waals surface area contributed by atoms with Crippen molar-refractivity contribution in [3.8, 4) is 0 Å². The summed E-state index contributed by atoms with van der Waals surface area (Å²) < 4.78 is 26.3. The summed E-state index contributed by atoms with van der Waals surface area (Å²) >= 11 is 6.72. The minimum Gasteiger partial charge on any atom is -0.205 e. The van der Waals surface area contributed by atoms with Gasteiger partial charge in [0.15, 0.2) is 0 Å². The molecule has 62 valence electrons. The molecule has 0 radical (unpaired) electrons. The molecule has 0 fully saturated rings. The van der Waals surface area contributed by atoms with Crippen molar-refractivity contribution < 1.29 is 8.78 Å². The fraction of sp³-hybridized carbons (Fsp3) is 0. The lowest BCUT2D eigenvalue weighted by Crippen LogP contribution is -1.76. The van der Waals surface area contributed by atoms with E-state index in [9.17, 15) is 8.78 Å². The average Bonchev–Trinajstić information content (AvgIpc) is 2.35. The van der Waals surface area contributed by atoms with Crippen molar-refractivity contribution in [2.75, 3.05) is 0 Å². The van der Waals surface area contributed by atoms with Gasteiger partial charge in [-0.15, -0.1) is 11.3 Å². The standard InChI is InChI=1S/C8H3ClF2S/c9-5-2-8-4(1-6(5)10)7(11)3-12-8/h1-3H. The molecule has 0 saturated heterocycles. The number of benzene rings is 1. The SMILES string of the molecule is Fc1cc2c(F)csc2cc1Cl. The van der Waals surface area contributed by atoms with Crippen LogP contribution in [0.2, 0.25) is 5.02 Å². The summed E-state index contributed by atoms with van der Waals surface area (Å²) in [7, 11) is 0. The van der Waals surface area contributed by atoms with Crippen LogP contribution in [0.5, 0.6) is 0 Å². The summed E-state index contributed by atoms with van der Waals surface area (Å²) in [5, 5.41) is 1.66. The van der Waals surface area contributed by atoms with E-state index in [0.29, 0.717) is 10.1 Å². The van der Waals surface area contributed by atoms with Crippen LogP contribution in [0, 0.1) is 11.6 Å². The van der Waals surface area contributed by atoms with Crippen molar-refractivity contribution in [1.82, 2.24) is 0 Å². The zero-order chi connectivity index (χ0) is 8.72. The van der Waals surface area contributed by atoms with Crippen LogP contribution in [0.15, 0.2) is 17.5 Å². The molecule has 0 unspecified atom stereocenters. The number of halogens is 3. The Morgan fingerprint density at radius 1 is 1.17 bits per heavy atom. The zero-order valence-corrected chi connectivity index (χ0v) is 7.35. The van der Waals surface area contributed by atoms with Crippen molar-refractivity contribution >= 4 is 33.0 Å². The van der Waals surface area contributed by atoms with E-state index in [-0.39, 0.29) is 5.02 Å². The highest BCUT2D eigenvalue weighted by Crippen LogP contribution is 2.29. The predicted octanol–water partition coefficient (Wildman–Crippen LogP) is 3.83. The van der Waals surface area contributed by atoms with E-state index in [1.54, 1.807) is 0 Å². The van der Waals surface area contributed by atoms with Crippen molar-refractivity contribution in [3.63, 3.8) is 0 Å². The van der Waals surface area contributed by atoms with Crippen LogP contribution in [0.25, 0.3) is 10.1 Å². The maximum atomic E-state index is 12.9. The van der Waals surface area contributed by atoms with Crippen molar-refractivity contribution in [1.29, 1.82) is 0 Å². The van der Waals surface area contributed by atoms with Crippen LogP contribution in [0.1, 0.15) is 0 Å². The molecular formula is C8H3ClF2S. The van der Waals surface area contributed by atoms with Gasteiger partial charge in [0.2, 0.25) is 0 Å². The molecule has 1 aromatic heterocycles. The van der Waals surface area contributed by atoms with E-state index < -0.39 is 11.6 Å². The van der Waals surface area contributed by atoms with Gasteiger partial charge in [0, 0.05) is 15.5 Å². The van der Waals surface area contributed by atoms with Gasteiger partial charge in [0.25, 0.3) is 0 Å². The first-order valence-electron chi connectivity index (χ1n) is 3.20. The smallest absolute Gasteiger partial charge is 0.142 e. The molecule has 0 N–H and O–H groups in total. The third kappa shape index (κ3) is 1.09. The van der Waals surface area contributed by atoms with Gasteiger partial charge in [-0.2, -0.15) is 0 Å². The number of rotatable bonds is 0. The minimum atomic E-state index is -0.582. The second-order valence-electron chi connectivity index (χ2n) is 2.35. The summed E-state index contributed by atoms with van der Waals surface area (Å²) in [5.74, 6) is -0.980. The van der Waals surface area contributed by atoms with Gasteiger partial charge in [0.1, 0.15) is 11.6 Å². The van der Waals surface area contributed by atoms with Crippen LogP contribution in [-0.4, -0.2) is 0 Å². The molecule has 0 spiro atoms. The van der Waals surface area contributed by atoms with Crippen LogP contribution >= 0.6 is 22.9 Å². The van der Waals surface area contributed by atoms with Crippen molar-refractivity contribution in [3.05, 3.63) is 34.2 Å². The fourth-order valence-electron chi connectivity index (χ4n) is 0.991. The van der Waals surface area contributed by atoms with Crippen molar-refractivity contribution in [2.24, 2.45) is 0 Å². The summed E-state index contributed by atoms with van der Waals surface area (Å²) in [6.07, 6.45) is 0. The van der Waals surface area contributed by atoms with Crippen molar-refractivity contribution in [2.45, 2.75) is 0 Å². The first-order valence-corrected chi connectivity index (χ1v) is 4.46. The zero-order valence-electron chi connectivity index (χ0n) is 5.77. The van der Waals surface area contributed by atoms with E-state index in [1.807, 2.05) is 0 Å². The van der Waals surface area contributed by atoms with Gasteiger partial charge < -0.3 is 0 Å². The van der Waals surface area contributed by atoms with Gasteiger partial charge in [0.05, 0.1) is 5.02 Å². The molecule has 0 nitrogen and oxygen atoms in total. The van der Waals surface area contributed by atoms with Gasteiger partial charge in [-0.25, -0.2) is 8.78 Å². The highest BCUT2D eigenvalue weighted by atomic mass is 35.5. The third-order valence-electron chi connectivity index (χ3n) is 1.57. The number of hydrogen-bond donors (Lipinski definition) is 0. The van der Waals surface area contributed by atoms with E-state index in [2.05, 4.69) is 0 Å². The Morgan fingerprint density at radius 3 is 2.67 bits per heavy atom. The molecule has 12 heavy (non-hydrogen) atoms. The van der Waals surface area contributed by atoms with E-state index >= 15 is 0 Å². The van der Waals surface area contributed by atoms with Gasteiger partial charge >= 0.3 is 0 Å². The molecule has 2 rings (SSSR count). The number of hydrogen-bond acceptors (Lipinski definition) is 1. The minimum absolute atomic E-state index is 0.0318. The Hall–Kier alpha value is -0.670. The molecule has 0 aliphatic heterocycles. The topological polar surface area (TPSA) is 0 Å². The molecule has 0 aliphatic rings. The summed E-state index contributed by atoms with van der Waals surface area (Å²) in [4.78, 5) is 0. The lowest BCUT2D eigenvalue weighted by atomic mass is 10.2. The van der Waals surface area contributed by atoms with Crippen LogP contribution in [0.3, 0.4) is 0 Å². The molecular weight excluding hydrogens is 202 g/mol. The first-order chi connectivity index (χ1) is 5.68. The van der Waals surface area contributed by atoms with Crippen LogP contribution in [0.4, 0.5) is 8.78 Å². The number of thiophene rings is 1. The van der Waals surface area contributed by atoms with Crippen LogP contribution < -0.4 is 0 Å². The molecule has 1 heterocycles. The lowest BCUT2D eigenvalue weighted by molar-refractivity contribution is 0.624. The monoisotopic (exact) mass is 204 g/mol. The lowest BCUT2D eigenvalue weighted by Gasteiger charge is -1.93. The molecule has 0 saturated carbocycles. The Labute approximate surface area is 76.4 Å². The predicted molar refractivity (Wildman–Crippen MR) is 46.8 cm³/mol. The highest BCUT2D eigenvalue weighted by Gasteiger charge is 2.07. The summed E-state index contributed by atoms with van der Waals surface area (Å²) in [5.41, 5.74) is 0. The molecule has 2 aromatic rings. The Balaban J connectivity index is 2.87. The van der Waals surface area contributed by atoms with Gasteiger partial charge in [-0.3, -0.25) is 0 Å². The van der Waals surface area contributed by atoms with E-state index in [1.165, 1.54) is 22.8 Å². The Bertz CT molecular complexity index is 436. The van der Waals surface area contributed by atoms with Gasteiger partial charge in [-0.1, -0.05) is 11.6 Å². The fourth-order valence-corrected chi connectivity index (χ4v) is 2.05. The maximum Gasteiger partial charge on any atom is 0.142 e. The normalized spacial score (nSPS) is 10.9. The number of fused-ring (bicyclic) bond motifs is 1. The second kappa shape index (κ2) is 2.68. The molecule has 0 aliphatic carbocycles. The van der Waals surface area contributed by atoms with Gasteiger partial charge in [-0.05, 0) is 12.1 Å². The first kappa shape index (κ1) is 7.95. The van der Waals surface area contributed by atoms with E-state index in [4.69, 9.17) is 11.6 Å². The Kier molecular flexibility index (Phi) is 1.77. The average molecular weight is 205 g/mol. The quantitative estimate of drug-likeness (QED) is 0.612. The largest absolute Gasteiger partial charge is 0.205 e. The van der Waals surface area contributed by atoms with Crippen LogP contribution in [-0.2, 0) is 0 Å². The highest BCUT2D eigenvalue weighted by molar-refractivity contribution is 7.17. The van der Waals surface area contributed by atoms with E-state index in [0.717, 1.165) is 6.07 Å². The molecule has 0 atom stereocenters. The third-order valence-corrected chi connectivity index (χ3v) is 2.78. The Morgan fingerprint density at radius 2 is 1.92 bits per heavy atom. The molecule has 4 heteroatoms. The maximum absolute atomic E-state index is 12.9. The molecule has 0 bridgehead atoms. The second-order valence-corrected chi connectivity index (χ2v) is 3.66. The molecule has 0 amide bonds. The molecule has 1 aromatic carbocycles. The summed E-state index contributed by atoms with van der Waals surface area (Å²) in [6, 6.07) is 2.55. The summed E-state index contributed by atoms with van der Waals surface area (Å²) in [6.45, 7) is 0.